The average Bonchev–Trinajstić information content (AvgIpc) is 3.26. The Bertz CT molecular complexity index is 1100. The molecule has 4 aliphatic heterocycles. The molecular weight excluding hydrogens is 398 g/mol. The second-order valence-corrected chi connectivity index (χ2v) is 9.98. The third-order valence-corrected chi connectivity index (χ3v) is 8.10. The van der Waals surface area contributed by atoms with Crippen LogP contribution in [0.2, 0.25) is 0 Å². The zero-order chi connectivity index (χ0) is 21.7. The molecule has 6 nitrogen and oxygen atoms in total. The van der Waals surface area contributed by atoms with Crippen molar-refractivity contribution in [2.24, 2.45) is 0 Å². The van der Waals surface area contributed by atoms with E-state index in [2.05, 4.69) is 53.0 Å². The van der Waals surface area contributed by atoms with Crippen molar-refractivity contribution < 1.29 is 4.74 Å². The summed E-state index contributed by atoms with van der Waals surface area (Å²) in [6, 6.07) is 11.1. The molecule has 32 heavy (non-hydrogen) atoms. The van der Waals surface area contributed by atoms with Gasteiger partial charge in [-0.15, -0.1) is 0 Å². The van der Waals surface area contributed by atoms with Crippen LogP contribution in [0.3, 0.4) is 0 Å². The molecule has 1 N–H and O–H groups in total. The van der Waals surface area contributed by atoms with Crippen LogP contribution in [0.25, 0.3) is 11.0 Å². The van der Waals surface area contributed by atoms with Gasteiger partial charge in [0.05, 0.1) is 23.3 Å². The predicted octanol–water partition coefficient (Wildman–Crippen LogP) is 4.78. The number of piperidine rings is 4. The van der Waals surface area contributed by atoms with E-state index < -0.39 is 0 Å². The molecule has 0 aliphatic carbocycles. The second kappa shape index (κ2) is 7.85. The minimum Gasteiger partial charge on any atom is -0.485 e. The number of fused-ring (bicyclic) bond motifs is 4. The number of para-hydroxylation sites is 1. The first-order valence-electron chi connectivity index (χ1n) is 12.2. The maximum atomic E-state index is 6.76. The lowest BCUT2D eigenvalue weighted by molar-refractivity contribution is -0.0503. The van der Waals surface area contributed by atoms with Crippen LogP contribution in [0.5, 0.6) is 5.75 Å². The molecule has 1 aromatic carbocycles. The number of nitrogens with zero attached hydrogens (tertiary/aromatic N) is 4. The Labute approximate surface area is 190 Å². The maximum absolute atomic E-state index is 6.76. The summed E-state index contributed by atoms with van der Waals surface area (Å²) in [5, 5.41) is 0. The van der Waals surface area contributed by atoms with Gasteiger partial charge in [0.2, 0.25) is 0 Å². The maximum Gasteiger partial charge on any atom is 0.145 e. The van der Waals surface area contributed by atoms with Crippen LogP contribution < -0.4 is 4.74 Å². The summed E-state index contributed by atoms with van der Waals surface area (Å²) in [5.41, 5.74) is 4.52. The van der Waals surface area contributed by atoms with E-state index in [1.54, 1.807) is 0 Å². The van der Waals surface area contributed by atoms with Gasteiger partial charge in [-0.05, 0) is 76.3 Å². The summed E-state index contributed by atoms with van der Waals surface area (Å²) in [4.78, 5) is 18.5. The molecule has 4 aliphatic rings. The fraction of sp³-hybridized carbons (Fsp3) is 0.538. The van der Waals surface area contributed by atoms with E-state index in [1.807, 2.05) is 12.3 Å². The van der Waals surface area contributed by atoms with Gasteiger partial charge in [0.15, 0.2) is 0 Å². The molecular formula is C26H33N5O. The van der Waals surface area contributed by atoms with E-state index >= 15 is 0 Å². The number of likely N-dealkylation sites (tertiary alicyclic amines) is 1. The van der Waals surface area contributed by atoms with Crippen molar-refractivity contribution in [2.75, 3.05) is 26.7 Å². The van der Waals surface area contributed by atoms with E-state index in [0.717, 1.165) is 74.3 Å². The SMILES string of the molecule is Cc1cccnc1[C@@H]1CCC[C@H](c2nc3cccc(OC45CCN(CC4)CC5)c3[nH]2)N1C. The fourth-order valence-corrected chi connectivity index (χ4v) is 6.08. The predicted molar refractivity (Wildman–Crippen MR) is 126 cm³/mol. The zero-order valence-corrected chi connectivity index (χ0v) is 19.2. The molecule has 3 aromatic rings. The number of nitrogens with one attached hydrogen (secondary N) is 1. The summed E-state index contributed by atoms with van der Waals surface area (Å²) in [6.07, 6.45) is 8.71. The Morgan fingerprint density at radius 1 is 1.03 bits per heavy atom. The molecule has 0 amide bonds. The van der Waals surface area contributed by atoms with Crippen LogP contribution in [-0.2, 0) is 0 Å². The van der Waals surface area contributed by atoms with Gasteiger partial charge >= 0.3 is 0 Å². The summed E-state index contributed by atoms with van der Waals surface area (Å²) in [6.45, 7) is 5.64. The minimum atomic E-state index is -0.00244. The number of aromatic nitrogens is 3. The molecule has 0 unspecified atom stereocenters. The molecule has 6 heterocycles. The summed E-state index contributed by atoms with van der Waals surface area (Å²) >= 11 is 0. The van der Waals surface area contributed by atoms with Crippen LogP contribution in [0, 0.1) is 6.92 Å². The van der Waals surface area contributed by atoms with Gasteiger partial charge in [-0.25, -0.2) is 4.98 Å². The van der Waals surface area contributed by atoms with E-state index in [1.165, 1.54) is 17.7 Å². The monoisotopic (exact) mass is 431 g/mol. The number of hydrogen-bond donors (Lipinski definition) is 1. The van der Waals surface area contributed by atoms with Crippen molar-refractivity contribution in [3.05, 3.63) is 53.6 Å². The molecule has 2 atom stereocenters. The molecule has 6 heteroatoms. The van der Waals surface area contributed by atoms with E-state index in [-0.39, 0.29) is 11.6 Å². The molecule has 4 saturated heterocycles. The Morgan fingerprint density at radius 3 is 2.59 bits per heavy atom. The number of aromatic amines is 1. The first kappa shape index (κ1) is 20.2. The Kier molecular flexibility index (Phi) is 4.95. The highest BCUT2D eigenvalue weighted by molar-refractivity contribution is 5.82. The van der Waals surface area contributed by atoms with Gasteiger partial charge in [-0.2, -0.15) is 0 Å². The molecule has 0 spiro atoms. The molecule has 0 saturated carbocycles. The Balaban J connectivity index is 1.30. The topological polar surface area (TPSA) is 57.3 Å². The largest absolute Gasteiger partial charge is 0.485 e. The van der Waals surface area contributed by atoms with E-state index in [9.17, 15) is 0 Å². The second-order valence-electron chi connectivity index (χ2n) is 9.98. The van der Waals surface area contributed by atoms with Gasteiger partial charge in [-0.3, -0.25) is 9.88 Å². The normalized spacial score (nSPS) is 30.6. The molecule has 7 rings (SSSR count). The minimum absolute atomic E-state index is 0.00244. The number of benzene rings is 1. The van der Waals surface area contributed by atoms with E-state index in [4.69, 9.17) is 14.7 Å². The summed E-state index contributed by atoms with van der Waals surface area (Å²) in [7, 11) is 2.22. The Hall–Kier alpha value is -2.44. The molecule has 168 valence electrons. The molecule has 2 bridgehead atoms. The van der Waals surface area contributed by atoms with Crippen LogP contribution >= 0.6 is 0 Å². The van der Waals surface area contributed by atoms with Crippen molar-refractivity contribution in [3.8, 4) is 5.75 Å². The van der Waals surface area contributed by atoms with Crippen molar-refractivity contribution in [1.29, 1.82) is 0 Å². The highest BCUT2D eigenvalue weighted by Crippen LogP contribution is 2.42. The van der Waals surface area contributed by atoms with Crippen molar-refractivity contribution >= 4 is 11.0 Å². The molecule has 4 fully saturated rings. The number of H-pyrrole nitrogens is 1. The van der Waals surface area contributed by atoms with Crippen molar-refractivity contribution in [1.82, 2.24) is 24.8 Å². The average molecular weight is 432 g/mol. The number of hydrogen-bond acceptors (Lipinski definition) is 5. The number of pyridine rings is 1. The van der Waals surface area contributed by atoms with Gasteiger partial charge in [0.1, 0.15) is 22.7 Å². The number of ether oxygens (including phenoxy) is 1. The highest BCUT2D eigenvalue weighted by atomic mass is 16.5. The first-order valence-corrected chi connectivity index (χ1v) is 12.2. The van der Waals surface area contributed by atoms with Gasteiger partial charge in [0, 0.05) is 25.8 Å². The van der Waals surface area contributed by atoms with Gasteiger partial charge in [-0.1, -0.05) is 12.1 Å². The number of rotatable bonds is 4. The zero-order valence-electron chi connectivity index (χ0n) is 19.2. The highest BCUT2D eigenvalue weighted by Gasteiger charge is 2.42. The van der Waals surface area contributed by atoms with Gasteiger partial charge in [0.25, 0.3) is 0 Å². The first-order chi connectivity index (χ1) is 15.6. The smallest absolute Gasteiger partial charge is 0.145 e. The fourth-order valence-electron chi connectivity index (χ4n) is 6.08. The molecule has 0 radical (unpaired) electrons. The van der Waals surface area contributed by atoms with Crippen LogP contribution in [0.4, 0.5) is 0 Å². The lowest BCUT2D eigenvalue weighted by Crippen LogP contribution is -2.55. The van der Waals surface area contributed by atoms with Crippen molar-refractivity contribution in [2.45, 2.75) is 63.1 Å². The lowest BCUT2D eigenvalue weighted by Gasteiger charge is -2.48. The van der Waals surface area contributed by atoms with E-state index in [0.29, 0.717) is 6.04 Å². The standard InChI is InChI=1S/C26H33N5O/c1-18-6-5-14-27-23(18)20-8-4-9-21(30(20)2)25-28-19-7-3-10-22(24(19)29-25)32-26-11-15-31(16-12-26)17-13-26/h3,5-7,10,14,20-21H,4,8-9,11-13,15-17H2,1-2H3,(H,28,29)/t20-,21+/m0/s1. The van der Waals surface area contributed by atoms with Crippen LogP contribution in [-0.4, -0.2) is 57.0 Å². The third kappa shape index (κ3) is 3.41. The number of imidazole rings is 1. The lowest BCUT2D eigenvalue weighted by atomic mass is 9.83. The van der Waals surface area contributed by atoms with Crippen LogP contribution in [0.15, 0.2) is 36.5 Å². The van der Waals surface area contributed by atoms with Crippen LogP contribution in [0.1, 0.15) is 67.7 Å². The number of aryl methyl sites for hydroxylation is 1. The Morgan fingerprint density at radius 2 is 1.81 bits per heavy atom. The summed E-state index contributed by atoms with van der Waals surface area (Å²) in [5.74, 6) is 2.01. The quantitative estimate of drug-likeness (QED) is 0.644. The third-order valence-electron chi connectivity index (χ3n) is 8.10. The van der Waals surface area contributed by atoms with Gasteiger partial charge < -0.3 is 14.6 Å². The van der Waals surface area contributed by atoms with Crippen molar-refractivity contribution in [3.63, 3.8) is 0 Å². The molecule has 2 aromatic heterocycles. The summed E-state index contributed by atoms with van der Waals surface area (Å²) < 4.78 is 6.76.